The number of para-hydroxylation sites is 2. The average molecular weight is 458 g/mol. The summed E-state index contributed by atoms with van der Waals surface area (Å²) in [5.74, 6) is 0.780. The summed E-state index contributed by atoms with van der Waals surface area (Å²) in [7, 11) is -8.08. The number of benzene rings is 2. The predicted octanol–water partition coefficient (Wildman–Crippen LogP) is -3.08. The van der Waals surface area contributed by atoms with Crippen LogP contribution >= 0.6 is 0 Å². The molecule has 0 aliphatic rings. The summed E-state index contributed by atoms with van der Waals surface area (Å²) in [5, 5.41) is 0. The molecule has 0 heterocycles. The Morgan fingerprint density at radius 3 is 1.14 bits per heavy atom. The van der Waals surface area contributed by atoms with Crippen LogP contribution in [0.4, 0.5) is 0 Å². The van der Waals surface area contributed by atoms with Gasteiger partial charge in [0.15, 0.2) is 0 Å². The topological polar surface area (TPSA) is 124 Å². The third-order valence-corrected chi connectivity index (χ3v) is 3.65. The van der Waals surface area contributed by atoms with Crippen LogP contribution in [-0.4, -0.2) is 37.4 Å². The molecular weight excluding hydrogens is 438 g/mol. The predicted molar refractivity (Wildman–Crippen MR) is 102 cm³/mol. The molecule has 0 bridgehead atoms. The van der Waals surface area contributed by atoms with Crippen LogP contribution in [0.25, 0.3) is 0 Å². The molecule has 0 spiro atoms. The van der Waals surface area contributed by atoms with E-state index >= 15 is 0 Å². The van der Waals surface area contributed by atoms with Crippen LogP contribution in [0.2, 0.25) is 0 Å². The SMILES string of the molecule is C=CCS(=O)(=O)[O-].C=CCS(=O)(=O)[O-].[Na+].[Na+].c1ccc(Oc2ccccc2)cc1. The van der Waals surface area contributed by atoms with Gasteiger partial charge in [0.25, 0.3) is 0 Å². The fourth-order valence-electron chi connectivity index (χ4n) is 1.40. The van der Waals surface area contributed by atoms with E-state index in [0.717, 1.165) is 23.7 Å². The Hall–Kier alpha value is -0.460. The molecule has 0 fully saturated rings. The monoisotopic (exact) mass is 458 g/mol. The molecular formula is C18H20Na2O7S2. The smallest absolute Gasteiger partial charge is 0.748 e. The number of rotatable bonds is 6. The molecule has 0 aromatic heterocycles. The Morgan fingerprint density at radius 2 is 0.966 bits per heavy atom. The van der Waals surface area contributed by atoms with Gasteiger partial charge in [-0.05, 0) is 24.3 Å². The Labute approximate surface area is 217 Å². The second kappa shape index (κ2) is 18.3. The molecule has 0 aliphatic carbocycles. The Morgan fingerprint density at radius 1 is 0.690 bits per heavy atom. The van der Waals surface area contributed by atoms with Crippen molar-refractivity contribution < 1.29 is 89.8 Å². The number of hydrogen-bond donors (Lipinski definition) is 0. The van der Waals surface area contributed by atoms with Crippen molar-refractivity contribution in [1.29, 1.82) is 0 Å². The van der Waals surface area contributed by atoms with Crippen LogP contribution in [-0.2, 0) is 20.2 Å². The van der Waals surface area contributed by atoms with Gasteiger partial charge in [-0.1, -0.05) is 48.6 Å². The minimum atomic E-state index is -4.04. The van der Waals surface area contributed by atoms with Gasteiger partial charge < -0.3 is 13.8 Å². The van der Waals surface area contributed by atoms with Crippen LogP contribution < -0.4 is 63.9 Å². The molecule has 7 nitrogen and oxygen atoms in total. The first kappa shape index (κ1) is 33.2. The standard InChI is InChI=1S/C12H10O.2C3H6O3S.2Na/c1-3-7-11(8-4-1)13-12-9-5-2-6-10-12;2*1-2-3-7(4,5)6;;/h1-10H;2*2H,1,3H2,(H,4,5,6);;/q;;;2*+1/p-2. The molecule has 29 heavy (non-hydrogen) atoms. The molecule has 2 aromatic carbocycles. The van der Waals surface area contributed by atoms with Crippen molar-refractivity contribution in [3.8, 4) is 11.5 Å². The van der Waals surface area contributed by atoms with E-state index in [4.69, 9.17) is 4.74 Å². The molecule has 0 radical (unpaired) electrons. The molecule has 0 saturated carbocycles. The minimum Gasteiger partial charge on any atom is -0.748 e. The van der Waals surface area contributed by atoms with Crippen molar-refractivity contribution in [3.63, 3.8) is 0 Å². The molecule has 148 valence electrons. The first-order chi connectivity index (χ1) is 12.6. The zero-order valence-corrected chi connectivity index (χ0v) is 22.1. The van der Waals surface area contributed by atoms with Gasteiger partial charge in [0.05, 0.1) is 31.7 Å². The van der Waals surface area contributed by atoms with Crippen LogP contribution in [0.5, 0.6) is 11.5 Å². The summed E-state index contributed by atoms with van der Waals surface area (Å²) in [6.07, 6.45) is 2.12. The second-order valence-corrected chi connectivity index (χ2v) is 7.65. The van der Waals surface area contributed by atoms with Crippen LogP contribution in [0.15, 0.2) is 86.0 Å². The van der Waals surface area contributed by atoms with Gasteiger partial charge >= 0.3 is 59.1 Å². The van der Waals surface area contributed by atoms with Crippen LogP contribution in [0, 0.1) is 0 Å². The summed E-state index contributed by atoms with van der Waals surface area (Å²) in [6, 6.07) is 19.5. The molecule has 0 saturated heterocycles. The Balaban J connectivity index is -0.000000369. The quantitative estimate of drug-likeness (QED) is 0.256. The van der Waals surface area contributed by atoms with E-state index in [-0.39, 0.29) is 59.1 Å². The summed E-state index contributed by atoms with van der Waals surface area (Å²) >= 11 is 0. The van der Waals surface area contributed by atoms with E-state index in [2.05, 4.69) is 13.2 Å². The Bertz CT molecular complexity index is 811. The van der Waals surface area contributed by atoms with Gasteiger partial charge in [-0.15, -0.1) is 13.2 Å². The van der Waals surface area contributed by atoms with Gasteiger partial charge in [-0.2, -0.15) is 0 Å². The van der Waals surface area contributed by atoms with Gasteiger partial charge in [-0.25, -0.2) is 16.8 Å². The molecule has 2 rings (SSSR count). The largest absolute Gasteiger partial charge is 1.00 e. The summed E-state index contributed by atoms with van der Waals surface area (Å²) in [4.78, 5) is 0. The zero-order chi connectivity index (χ0) is 20.8. The van der Waals surface area contributed by atoms with E-state index in [1.807, 2.05) is 60.7 Å². The maximum atomic E-state index is 9.60. The molecule has 0 atom stereocenters. The maximum Gasteiger partial charge on any atom is 1.00 e. The summed E-state index contributed by atoms with van der Waals surface area (Å²) in [5.41, 5.74) is 0. The van der Waals surface area contributed by atoms with Gasteiger partial charge in [0, 0.05) is 0 Å². The van der Waals surface area contributed by atoms with Gasteiger partial charge in [0.2, 0.25) is 0 Å². The molecule has 0 unspecified atom stereocenters. The van der Waals surface area contributed by atoms with Crippen molar-refractivity contribution in [1.82, 2.24) is 0 Å². The molecule has 0 N–H and O–H groups in total. The van der Waals surface area contributed by atoms with Crippen molar-refractivity contribution in [2.75, 3.05) is 11.5 Å². The molecule has 11 heteroatoms. The number of hydrogen-bond acceptors (Lipinski definition) is 7. The van der Waals surface area contributed by atoms with E-state index < -0.39 is 31.7 Å². The summed E-state index contributed by atoms with van der Waals surface area (Å²) in [6.45, 7) is 6.13. The first-order valence-corrected chi connectivity index (χ1v) is 10.6. The van der Waals surface area contributed by atoms with Crippen molar-refractivity contribution >= 4 is 20.2 Å². The van der Waals surface area contributed by atoms with Gasteiger partial charge in [-0.3, -0.25) is 0 Å². The third-order valence-electron chi connectivity index (χ3n) is 2.37. The van der Waals surface area contributed by atoms with Crippen LogP contribution in [0.1, 0.15) is 0 Å². The van der Waals surface area contributed by atoms with Crippen LogP contribution in [0.3, 0.4) is 0 Å². The zero-order valence-electron chi connectivity index (χ0n) is 16.4. The third kappa shape index (κ3) is 23.7. The molecule has 0 amide bonds. The normalized spacial score (nSPS) is 9.59. The van der Waals surface area contributed by atoms with Gasteiger partial charge in [0.1, 0.15) is 11.5 Å². The Kier molecular flexibility index (Phi) is 21.0. The van der Waals surface area contributed by atoms with E-state index in [1.165, 1.54) is 0 Å². The molecule has 0 aliphatic heterocycles. The minimum absolute atomic E-state index is 0. The van der Waals surface area contributed by atoms with Crippen molar-refractivity contribution in [3.05, 3.63) is 86.0 Å². The maximum absolute atomic E-state index is 9.60. The summed E-state index contributed by atoms with van der Waals surface area (Å²) < 4.78 is 63.2. The fraction of sp³-hybridized carbons (Fsp3) is 0.111. The number of ether oxygens (including phenoxy) is 1. The molecule has 2 aromatic rings. The van der Waals surface area contributed by atoms with Crippen molar-refractivity contribution in [2.45, 2.75) is 0 Å². The first-order valence-electron chi connectivity index (χ1n) is 7.44. The van der Waals surface area contributed by atoms with Crippen molar-refractivity contribution in [2.24, 2.45) is 0 Å². The van der Waals surface area contributed by atoms with E-state index in [0.29, 0.717) is 0 Å². The second-order valence-electron chi connectivity index (χ2n) is 4.75. The average Bonchev–Trinajstić information content (AvgIpc) is 2.56. The van der Waals surface area contributed by atoms with E-state index in [1.54, 1.807) is 0 Å². The van der Waals surface area contributed by atoms with E-state index in [9.17, 15) is 25.9 Å². The fourth-order valence-corrected chi connectivity index (χ4v) is 1.98.